The first kappa shape index (κ1) is 15.3. The Morgan fingerprint density at radius 1 is 1.25 bits per heavy atom. The fourth-order valence-electron chi connectivity index (χ4n) is 3.22. The van der Waals surface area contributed by atoms with Crippen LogP contribution < -0.4 is 4.90 Å². The molecule has 0 bridgehead atoms. The molecule has 0 amide bonds. The van der Waals surface area contributed by atoms with Gasteiger partial charge in [0.1, 0.15) is 5.82 Å². The lowest BCUT2D eigenvalue weighted by molar-refractivity contribution is 0.197. The Labute approximate surface area is 121 Å². The van der Waals surface area contributed by atoms with Gasteiger partial charge in [0.25, 0.3) is 0 Å². The number of hydrogen-bond donors (Lipinski definition) is 1. The summed E-state index contributed by atoms with van der Waals surface area (Å²) >= 11 is 0. The number of piperidine rings is 1. The number of anilines is 1. The standard InChI is InChI=1S/C17H26FNO/c1-4-17(5-2)8-10-19(11-9-17)16-7-6-14(13(3)20)12-15(16)18/h6-7,12-13,20H,4-5,8-11H2,1-3H3. The normalized spacial score (nSPS) is 19.9. The molecule has 1 aliphatic heterocycles. The van der Waals surface area contributed by atoms with Gasteiger partial charge in [-0.05, 0) is 42.9 Å². The smallest absolute Gasteiger partial charge is 0.146 e. The van der Waals surface area contributed by atoms with Gasteiger partial charge in [-0.2, -0.15) is 0 Å². The predicted octanol–water partition coefficient (Wildman–Crippen LogP) is 4.29. The summed E-state index contributed by atoms with van der Waals surface area (Å²) in [4.78, 5) is 2.14. The Hall–Kier alpha value is -1.09. The van der Waals surface area contributed by atoms with Crippen molar-refractivity contribution in [3.05, 3.63) is 29.6 Å². The molecule has 1 atom stereocenters. The van der Waals surface area contributed by atoms with Crippen molar-refractivity contribution >= 4 is 5.69 Å². The van der Waals surface area contributed by atoms with Crippen LogP contribution in [-0.2, 0) is 0 Å². The molecule has 1 unspecified atom stereocenters. The highest BCUT2D eigenvalue weighted by Gasteiger charge is 2.31. The number of benzene rings is 1. The third-order valence-electron chi connectivity index (χ3n) is 5.12. The molecule has 3 heteroatoms. The summed E-state index contributed by atoms with van der Waals surface area (Å²) in [5, 5.41) is 9.50. The van der Waals surface area contributed by atoms with Gasteiger partial charge in [-0.15, -0.1) is 0 Å². The average molecular weight is 279 g/mol. The second-order valence-corrected chi connectivity index (χ2v) is 6.08. The summed E-state index contributed by atoms with van der Waals surface area (Å²) in [6, 6.07) is 5.09. The minimum absolute atomic E-state index is 0.219. The SMILES string of the molecule is CCC1(CC)CCN(c2ccc(C(C)O)cc2F)CC1. The molecule has 2 nitrogen and oxygen atoms in total. The van der Waals surface area contributed by atoms with Crippen LogP contribution in [0.2, 0.25) is 0 Å². The molecule has 0 aromatic heterocycles. The molecule has 1 fully saturated rings. The van der Waals surface area contributed by atoms with Gasteiger partial charge in [0.15, 0.2) is 0 Å². The zero-order valence-electron chi connectivity index (χ0n) is 12.8. The van der Waals surface area contributed by atoms with Gasteiger partial charge in [-0.3, -0.25) is 0 Å². The van der Waals surface area contributed by atoms with Crippen molar-refractivity contribution in [1.29, 1.82) is 0 Å². The van der Waals surface area contributed by atoms with E-state index in [1.807, 2.05) is 12.1 Å². The molecule has 2 rings (SSSR count). The van der Waals surface area contributed by atoms with Crippen LogP contribution in [0.5, 0.6) is 0 Å². The van der Waals surface area contributed by atoms with E-state index in [0.717, 1.165) is 25.9 Å². The van der Waals surface area contributed by atoms with Crippen LogP contribution in [0.3, 0.4) is 0 Å². The maximum absolute atomic E-state index is 14.2. The van der Waals surface area contributed by atoms with Gasteiger partial charge in [0.05, 0.1) is 11.8 Å². The van der Waals surface area contributed by atoms with Crippen molar-refractivity contribution in [2.75, 3.05) is 18.0 Å². The first-order chi connectivity index (χ1) is 9.51. The predicted molar refractivity (Wildman–Crippen MR) is 81.5 cm³/mol. The van der Waals surface area contributed by atoms with Gasteiger partial charge in [0, 0.05) is 13.1 Å². The third kappa shape index (κ3) is 2.98. The van der Waals surface area contributed by atoms with Crippen molar-refractivity contribution < 1.29 is 9.50 Å². The molecule has 1 heterocycles. The van der Waals surface area contributed by atoms with E-state index >= 15 is 0 Å². The molecule has 0 aliphatic carbocycles. The molecule has 1 aromatic rings. The van der Waals surface area contributed by atoms with E-state index in [4.69, 9.17) is 0 Å². The van der Waals surface area contributed by atoms with Crippen LogP contribution in [0.4, 0.5) is 10.1 Å². The van der Waals surface area contributed by atoms with Gasteiger partial charge in [-0.25, -0.2) is 4.39 Å². The molecule has 20 heavy (non-hydrogen) atoms. The average Bonchev–Trinajstić information content (AvgIpc) is 2.47. The first-order valence-corrected chi connectivity index (χ1v) is 7.74. The monoisotopic (exact) mass is 279 g/mol. The number of aliphatic hydroxyl groups excluding tert-OH is 1. The summed E-state index contributed by atoms with van der Waals surface area (Å²) in [6.07, 6.45) is 4.07. The Morgan fingerprint density at radius 3 is 2.30 bits per heavy atom. The van der Waals surface area contributed by atoms with Crippen molar-refractivity contribution in [2.45, 2.75) is 52.6 Å². The van der Waals surface area contributed by atoms with E-state index in [-0.39, 0.29) is 5.82 Å². The summed E-state index contributed by atoms with van der Waals surface area (Å²) in [6.45, 7) is 8.03. The highest BCUT2D eigenvalue weighted by atomic mass is 19.1. The quantitative estimate of drug-likeness (QED) is 0.889. The molecule has 0 spiro atoms. The summed E-state index contributed by atoms with van der Waals surface area (Å²) < 4.78 is 14.2. The Bertz CT molecular complexity index is 444. The fourth-order valence-corrected chi connectivity index (χ4v) is 3.22. The molecule has 0 radical (unpaired) electrons. The number of aliphatic hydroxyl groups is 1. The molecule has 112 valence electrons. The topological polar surface area (TPSA) is 23.5 Å². The van der Waals surface area contributed by atoms with Crippen LogP contribution in [0.25, 0.3) is 0 Å². The van der Waals surface area contributed by atoms with Gasteiger partial charge < -0.3 is 10.0 Å². The van der Waals surface area contributed by atoms with Gasteiger partial charge in [-0.1, -0.05) is 32.8 Å². The van der Waals surface area contributed by atoms with E-state index in [1.165, 1.54) is 18.9 Å². The van der Waals surface area contributed by atoms with E-state index in [9.17, 15) is 9.50 Å². The zero-order valence-corrected chi connectivity index (χ0v) is 12.8. The Morgan fingerprint density at radius 2 is 1.85 bits per heavy atom. The van der Waals surface area contributed by atoms with Crippen molar-refractivity contribution in [1.82, 2.24) is 0 Å². The third-order valence-corrected chi connectivity index (χ3v) is 5.12. The minimum atomic E-state index is -0.618. The molecule has 1 N–H and O–H groups in total. The molecule has 1 saturated heterocycles. The highest BCUT2D eigenvalue weighted by Crippen LogP contribution is 2.39. The fraction of sp³-hybridized carbons (Fsp3) is 0.647. The first-order valence-electron chi connectivity index (χ1n) is 7.74. The summed E-state index contributed by atoms with van der Waals surface area (Å²) in [7, 11) is 0. The maximum Gasteiger partial charge on any atom is 0.146 e. The summed E-state index contributed by atoms with van der Waals surface area (Å²) in [5.41, 5.74) is 1.77. The van der Waals surface area contributed by atoms with E-state index in [1.54, 1.807) is 6.92 Å². The minimum Gasteiger partial charge on any atom is -0.389 e. The number of halogens is 1. The Balaban J connectivity index is 2.11. The number of hydrogen-bond acceptors (Lipinski definition) is 2. The molecule has 1 aliphatic rings. The zero-order chi connectivity index (χ0) is 14.8. The van der Waals surface area contributed by atoms with Crippen LogP contribution >= 0.6 is 0 Å². The molecule has 1 aromatic carbocycles. The van der Waals surface area contributed by atoms with E-state index < -0.39 is 6.10 Å². The van der Waals surface area contributed by atoms with Crippen LogP contribution in [0.1, 0.15) is 58.1 Å². The molecule has 0 saturated carbocycles. The lowest BCUT2D eigenvalue weighted by Gasteiger charge is -2.42. The van der Waals surface area contributed by atoms with E-state index in [2.05, 4.69) is 18.7 Å². The van der Waals surface area contributed by atoms with Crippen molar-refractivity contribution in [3.63, 3.8) is 0 Å². The van der Waals surface area contributed by atoms with Gasteiger partial charge >= 0.3 is 0 Å². The van der Waals surface area contributed by atoms with Crippen molar-refractivity contribution in [2.24, 2.45) is 5.41 Å². The molecular formula is C17H26FNO. The van der Waals surface area contributed by atoms with Gasteiger partial charge in [0.2, 0.25) is 0 Å². The maximum atomic E-state index is 14.2. The largest absolute Gasteiger partial charge is 0.389 e. The Kier molecular flexibility index (Phi) is 4.69. The number of rotatable bonds is 4. The lowest BCUT2D eigenvalue weighted by Crippen LogP contribution is -2.40. The molecular weight excluding hydrogens is 253 g/mol. The van der Waals surface area contributed by atoms with E-state index in [0.29, 0.717) is 16.7 Å². The second kappa shape index (κ2) is 6.13. The second-order valence-electron chi connectivity index (χ2n) is 6.08. The van der Waals surface area contributed by atoms with Crippen LogP contribution in [-0.4, -0.2) is 18.2 Å². The summed E-state index contributed by atoms with van der Waals surface area (Å²) in [5.74, 6) is -0.219. The lowest BCUT2D eigenvalue weighted by atomic mass is 9.74. The number of nitrogens with zero attached hydrogens (tertiary/aromatic N) is 1. The highest BCUT2D eigenvalue weighted by molar-refractivity contribution is 5.50. The van der Waals surface area contributed by atoms with Crippen LogP contribution in [0.15, 0.2) is 18.2 Å². The van der Waals surface area contributed by atoms with Crippen molar-refractivity contribution in [3.8, 4) is 0 Å². The van der Waals surface area contributed by atoms with Crippen LogP contribution in [0, 0.1) is 11.2 Å².